The second kappa shape index (κ2) is 9.41. The summed E-state index contributed by atoms with van der Waals surface area (Å²) in [4.78, 5) is 19.7. The average molecular weight is 507 g/mol. The Bertz CT molecular complexity index is 1400. The van der Waals surface area contributed by atoms with E-state index in [-0.39, 0.29) is 29.5 Å². The number of aromatic nitrogens is 2. The lowest BCUT2D eigenvalue weighted by Crippen LogP contribution is -2.31. The molecule has 0 aliphatic carbocycles. The number of fused-ring (bicyclic) bond motifs is 1. The van der Waals surface area contributed by atoms with E-state index in [1.807, 2.05) is 0 Å². The van der Waals surface area contributed by atoms with Crippen molar-refractivity contribution in [2.45, 2.75) is 26.4 Å². The zero-order chi connectivity index (χ0) is 25.3. The van der Waals surface area contributed by atoms with Crippen molar-refractivity contribution >= 4 is 44.8 Å². The summed E-state index contributed by atoms with van der Waals surface area (Å²) in [7, 11) is -3.69. The first-order valence-corrected chi connectivity index (χ1v) is 12.2. The van der Waals surface area contributed by atoms with Crippen molar-refractivity contribution < 1.29 is 26.4 Å². The summed E-state index contributed by atoms with van der Waals surface area (Å²) in [5.74, 6) is -2.04. The maximum absolute atomic E-state index is 14.6. The molecule has 2 aromatic carbocycles. The van der Waals surface area contributed by atoms with E-state index in [0.29, 0.717) is 21.8 Å². The number of alkyl halides is 2. The Morgan fingerprint density at radius 1 is 1.23 bits per heavy atom. The molecule has 35 heavy (non-hydrogen) atoms. The Morgan fingerprint density at radius 3 is 2.71 bits per heavy atom. The van der Waals surface area contributed by atoms with Crippen LogP contribution >= 0.6 is 0 Å². The topological polar surface area (TPSA) is 116 Å². The number of sulfonamides is 1. The number of carbonyl (C=O) groups excluding carboxylic acids is 1. The van der Waals surface area contributed by atoms with E-state index < -0.39 is 34.8 Å². The largest absolute Gasteiger partial charge is 0.325 e. The van der Waals surface area contributed by atoms with Crippen LogP contribution in [0.2, 0.25) is 0 Å². The first kappa shape index (κ1) is 24.3. The number of amides is 1. The minimum Gasteiger partial charge on any atom is -0.325 e. The van der Waals surface area contributed by atoms with Crippen LogP contribution in [0.1, 0.15) is 16.7 Å². The fraction of sp³-hybridized carbons (Fsp3) is 0.227. The van der Waals surface area contributed by atoms with Gasteiger partial charge < -0.3 is 10.6 Å². The maximum atomic E-state index is 14.6. The first-order chi connectivity index (χ1) is 16.5. The molecule has 0 atom stereocenters. The zero-order valence-electron chi connectivity index (χ0n) is 18.6. The molecule has 1 amide bonds. The third-order valence-corrected chi connectivity index (χ3v) is 5.85. The summed E-state index contributed by atoms with van der Waals surface area (Å²) in [6, 6.07) is 9.65. The number of carbonyl (C=O) groups is 1. The van der Waals surface area contributed by atoms with Crippen molar-refractivity contribution in [1.82, 2.24) is 9.97 Å². The molecule has 0 spiro atoms. The summed E-state index contributed by atoms with van der Waals surface area (Å²) in [6.45, 7) is -2.06. The van der Waals surface area contributed by atoms with Gasteiger partial charge in [-0.15, -0.1) is 0 Å². The molecule has 0 radical (unpaired) electrons. The molecule has 1 aliphatic rings. The Labute approximate surface area is 199 Å². The molecule has 0 saturated carbocycles. The van der Waals surface area contributed by atoms with Gasteiger partial charge in [-0.25, -0.2) is 17.8 Å². The van der Waals surface area contributed by atoms with E-state index in [1.54, 1.807) is 37.3 Å². The van der Waals surface area contributed by atoms with Crippen LogP contribution < -0.4 is 20.3 Å². The molecule has 9 nitrogen and oxygen atoms in total. The Morgan fingerprint density at radius 2 is 2.00 bits per heavy atom. The quantitative estimate of drug-likeness (QED) is 0.399. The smallest absolute Gasteiger partial charge is 0.316 e. The fourth-order valence-corrected chi connectivity index (χ4v) is 4.25. The Balaban J connectivity index is 1.65. The monoisotopic (exact) mass is 506 g/mol. The Kier molecular flexibility index (Phi) is 6.52. The average Bonchev–Trinajstić information content (AvgIpc) is 3.13. The number of halogens is 3. The van der Waals surface area contributed by atoms with Crippen LogP contribution in [0.4, 0.5) is 42.0 Å². The fourth-order valence-electron chi connectivity index (χ4n) is 3.66. The number of anilines is 5. The van der Waals surface area contributed by atoms with E-state index in [9.17, 15) is 26.4 Å². The van der Waals surface area contributed by atoms with Crippen LogP contribution in [0.15, 0.2) is 42.6 Å². The highest BCUT2D eigenvalue weighted by molar-refractivity contribution is 7.92. The van der Waals surface area contributed by atoms with E-state index in [1.165, 1.54) is 6.07 Å². The van der Waals surface area contributed by atoms with Gasteiger partial charge in [0.2, 0.25) is 21.9 Å². The van der Waals surface area contributed by atoms with Gasteiger partial charge in [0.25, 0.3) is 0 Å². The van der Waals surface area contributed by atoms with Gasteiger partial charge in [0, 0.05) is 11.4 Å². The second-order valence-corrected chi connectivity index (χ2v) is 9.72. The van der Waals surface area contributed by atoms with Crippen LogP contribution in [0.5, 0.6) is 0 Å². The second-order valence-electron chi connectivity index (χ2n) is 7.97. The lowest BCUT2D eigenvalue weighted by molar-refractivity contribution is -0.115. The van der Waals surface area contributed by atoms with Gasteiger partial charge in [-0.05, 0) is 41.8 Å². The molecular weight excluding hydrogens is 485 g/mol. The minimum atomic E-state index is -3.69. The predicted octanol–water partition coefficient (Wildman–Crippen LogP) is 3.76. The number of rotatable bonds is 8. The zero-order valence-corrected chi connectivity index (χ0v) is 19.5. The molecule has 3 aromatic rings. The highest BCUT2D eigenvalue weighted by Gasteiger charge is 2.26. The van der Waals surface area contributed by atoms with Gasteiger partial charge in [0.15, 0.2) is 11.6 Å². The Hall–Kier alpha value is -3.87. The van der Waals surface area contributed by atoms with Crippen molar-refractivity contribution in [1.29, 1.82) is 0 Å². The molecule has 184 valence electrons. The highest BCUT2D eigenvalue weighted by Crippen LogP contribution is 2.30. The van der Waals surface area contributed by atoms with Gasteiger partial charge in [0.1, 0.15) is 0 Å². The van der Waals surface area contributed by atoms with Gasteiger partial charge in [-0.3, -0.25) is 14.4 Å². The molecule has 0 bridgehead atoms. The molecule has 0 saturated heterocycles. The summed E-state index contributed by atoms with van der Waals surface area (Å²) < 4.78 is 68.6. The molecular formula is C22H21F3N6O3S. The molecule has 0 fully saturated rings. The SMILES string of the molecule is Cc1cccc(NS(C)(=O)=O)c1CN(c1nc(Nc2ccc3c(c2)NC(=O)C3)ncc1F)C(F)F. The molecule has 0 unspecified atom stereocenters. The number of aryl methyl sites for hydroxylation is 1. The third kappa shape index (κ3) is 5.62. The van der Waals surface area contributed by atoms with E-state index >= 15 is 0 Å². The summed E-state index contributed by atoms with van der Waals surface area (Å²) in [5.41, 5.74) is 2.73. The van der Waals surface area contributed by atoms with E-state index in [4.69, 9.17) is 0 Å². The van der Waals surface area contributed by atoms with Gasteiger partial charge in [-0.2, -0.15) is 13.8 Å². The van der Waals surface area contributed by atoms with Gasteiger partial charge in [0.05, 0.1) is 31.1 Å². The summed E-state index contributed by atoms with van der Waals surface area (Å²) in [5, 5.41) is 5.52. The normalized spacial score (nSPS) is 12.9. The molecule has 2 heterocycles. The number of hydrogen-bond donors (Lipinski definition) is 3. The van der Waals surface area contributed by atoms with Crippen LogP contribution in [0, 0.1) is 12.7 Å². The summed E-state index contributed by atoms with van der Waals surface area (Å²) >= 11 is 0. The van der Waals surface area contributed by atoms with Crippen molar-refractivity contribution in [3.63, 3.8) is 0 Å². The molecule has 4 rings (SSSR count). The molecule has 1 aliphatic heterocycles. The van der Waals surface area contributed by atoms with Crippen LogP contribution in [-0.2, 0) is 27.8 Å². The molecule has 13 heteroatoms. The van der Waals surface area contributed by atoms with Crippen LogP contribution in [0.25, 0.3) is 0 Å². The van der Waals surface area contributed by atoms with Crippen molar-refractivity contribution in [2.24, 2.45) is 0 Å². The van der Waals surface area contributed by atoms with E-state index in [0.717, 1.165) is 18.0 Å². The van der Waals surface area contributed by atoms with Gasteiger partial charge in [-0.1, -0.05) is 18.2 Å². The van der Waals surface area contributed by atoms with Crippen molar-refractivity contribution in [2.75, 3.05) is 26.5 Å². The lowest BCUT2D eigenvalue weighted by atomic mass is 10.1. The van der Waals surface area contributed by atoms with Crippen molar-refractivity contribution in [3.05, 3.63) is 65.1 Å². The number of benzene rings is 2. The molecule has 3 N–H and O–H groups in total. The number of nitrogens with one attached hydrogen (secondary N) is 3. The minimum absolute atomic E-state index is 0.103. The first-order valence-electron chi connectivity index (χ1n) is 10.3. The van der Waals surface area contributed by atoms with Crippen LogP contribution in [0.3, 0.4) is 0 Å². The predicted molar refractivity (Wildman–Crippen MR) is 126 cm³/mol. The number of hydrogen-bond acceptors (Lipinski definition) is 7. The van der Waals surface area contributed by atoms with E-state index in [2.05, 4.69) is 25.3 Å². The number of nitrogens with zero attached hydrogens (tertiary/aromatic N) is 3. The maximum Gasteiger partial charge on any atom is 0.316 e. The molecule has 1 aromatic heterocycles. The van der Waals surface area contributed by atoms with Crippen LogP contribution in [-0.4, -0.2) is 37.1 Å². The lowest BCUT2D eigenvalue weighted by Gasteiger charge is -2.25. The highest BCUT2D eigenvalue weighted by atomic mass is 32.2. The standard InChI is InChI=1S/C22H21F3N6O3S/c1-12-4-3-5-17(30-35(2,33)34)15(12)11-31(21(24)25)20-16(23)10-26-22(29-20)27-14-7-6-13-8-19(32)28-18(13)9-14/h3-7,9-10,21,30H,8,11H2,1-2H3,(H,28,32)(H,26,27,29). The summed E-state index contributed by atoms with van der Waals surface area (Å²) in [6.07, 6.45) is 1.96. The van der Waals surface area contributed by atoms with Crippen molar-refractivity contribution in [3.8, 4) is 0 Å². The van der Waals surface area contributed by atoms with Gasteiger partial charge >= 0.3 is 6.55 Å². The third-order valence-electron chi connectivity index (χ3n) is 5.26.